The molecule has 0 heterocycles. The van der Waals surface area contributed by atoms with Crippen LogP contribution in [0.25, 0.3) is 0 Å². The molecule has 0 saturated heterocycles. The Morgan fingerprint density at radius 3 is 1.33 bits per heavy atom. The highest BCUT2D eigenvalue weighted by atomic mass is 31.2. The molecule has 0 fully saturated rings. The number of allylic oxidation sites excluding steroid dienone is 18. The highest BCUT2D eigenvalue weighted by Crippen LogP contribution is 2.38. The molecule has 0 aromatic rings. The molecular weight excluding hydrogens is 734 g/mol. The Bertz CT molecular complexity index is 1270. The van der Waals surface area contributed by atoms with Crippen molar-refractivity contribution in [3.63, 3.8) is 0 Å². The van der Waals surface area contributed by atoms with Crippen molar-refractivity contribution in [2.75, 3.05) is 47.5 Å². The second-order valence-corrected chi connectivity index (χ2v) is 16.6. The number of rotatable bonds is 38. The fourth-order valence-electron chi connectivity index (χ4n) is 5.17. The Morgan fingerprint density at radius 2 is 0.930 bits per heavy atom. The first-order valence-corrected chi connectivity index (χ1v) is 23.1. The summed E-state index contributed by atoms with van der Waals surface area (Å²) in [5.41, 5.74) is 0. The normalized spacial score (nSPS) is 14.8. The van der Waals surface area contributed by atoms with E-state index in [1.807, 2.05) is 21.1 Å². The van der Waals surface area contributed by atoms with Gasteiger partial charge in [-0.3, -0.25) is 9.36 Å². The van der Waals surface area contributed by atoms with E-state index >= 15 is 0 Å². The van der Waals surface area contributed by atoms with Crippen LogP contribution in [0.4, 0.5) is 0 Å². The molecule has 0 radical (unpaired) electrons. The number of phosphoric acid groups is 1. The molecule has 2 atom stereocenters. The van der Waals surface area contributed by atoms with Gasteiger partial charge in [-0.05, 0) is 77.0 Å². The van der Waals surface area contributed by atoms with Crippen molar-refractivity contribution < 1.29 is 37.6 Å². The number of unbranched alkanes of at least 4 members (excludes halogenated alkanes) is 9. The molecule has 0 bridgehead atoms. The van der Waals surface area contributed by atoms with Crippen LogP contribution in [-0.4, -0.2) is 69.2 Å². The number of ether oxygens (including phenoxy) is 1. The maximum absolute atomic E-state index is 11.9. The Hall–Kier alpha value is -2.84. The van der Waals surface area contributed by atoms with Gasteiger partial charge in [-0.25, -0.2) is 0 Å². The number of quaternary nitrogens is 1. The molecular formula is C48H80NO7P. The minimum Gasteiger partial charge on any atom is -0.756 e. The highest BCUT2D eigenvalue weighted by Gasteiger charge is 2.16. The van der Waals surface area contributed by atoms with Gasteiger partial charge in [-0.1, -0.05) is 161 Å². The van der Waals surface area contributed by atoms with Crippen molar-refractivity contribution in [3.05, 3.63) is 109 Å². The van der Waals surface area contributed by atoms with Gasteiger partial charge in [-0.2, -0.15) is 0 Å². The number of aliphatic hydroxyl groups is 1. The van der Waals surface area contributed by atoms with E-state index in [9.17, 15) is 19.4 Å². The first kappa shape index (κ1) is 54.2. The molecule has 2 unspecified atom stereocenters. The number of carbonyl (C=O) groups is 1. The minimum absolute atomic E-state index is 0.0144. The lowest BCUT2D eigenvalue weighted by molar-refractivity contribution is -0.870. The van der Waals surface area contributed by atoms with Gasteiger partial charge in [0.15, 0.2) is 0 Å². The van der Waals surface area contributed by atoms with Crippen molar-refractivity contribution in [3.8, 4) is 0 Å². The van der Waals surface area contributed by atoms with Gasteiger partial charge in [0.2, 0.25) is 0 Å². The van der Waals surface area contributed by atoms with E-state index in [0.29, 0.717) is 11.0 Å². The molecule has 9 heteroatoms. The van der Waals surface area contributed by atoms with Gasteiger partial charge in [0.1, 0.15) is 25.9 Å². The molecule has 0 saturated carbocycles. The average Bonchev–Trinajstić information content (AvgIpc) is 3.17. The largest absolute Gasteiger partial charge is 0.756 e. The van der Waals surface area contributed by atoms with Gasteiger partial charge in [-0.15, -0.1) is 0 Å². The van der Waals surface area contributed by atoms with E-state index < -0.39 is 26.5 Å². The third-order valence-electron chi connectivity index (χ3n) is 8.54. The molecule has 0 aliphatic rings. The average molecular weight is 814 g/mol. The van der Waals surface area contributed by atoms with Crippen LogP contribution >= 0.6 is 7.82 Å². The number of hydrogen-bond acceptors (Lipinski definition) is 7. The van der Waals surface area contributed by atoms with Crippen molar-refractivity contribution >= 4 is 13.8 Å². The quantitative estimate of drug-likeness (QED) is 0.0218. The predicted octanol–water partition coefficient (Wildman–Crippen LogP) is 11.9. The number of esters is 1. The van der Waals surface area contributed by atoms with Gasteiger partial charge in [0, 0.05) is 6.42 Å². The summed E-state index contributed by atoms with van der Waals surface area (Å²) in [5, 5.41) is 9.89. The third-order valence-corrected chi connectivity index (χ3v) is 9.50. The van der Waals surface area contributed by atoms with Crippen molar-refractivity contribution in [1.82, 2.24) is 0 Å². The number of hydrogen-bond donors (Lipinski definition) is 1. The molecule has 0 aromatic carbocycles. The molecule has 0 amide bonds. The molecule has 8 nitrogen and oxygen atoms in total. The third kappa shape index (κ3) is 45.7. The summed E-state index contributed by atoms with van der Waals surface area (Å²) in [6.45, 7) is 1.81. The summed E-state index contributed by atoms with van der Waals surface area (Å²) >= 11 is 0. The zero-order valence-electron chi connectivity index (χ0n) is 36.2. The van der Waals surface area contributed by atoms with Crippen LogP contribution in [0.2, 0.25) is 0 Å². The standard InChI is InChI=1S/C48H80NO7P/c1-5-6-7-8-9-10-11-12-13-14-15-16-17-18-19-20-21-22-23-24-25-26-27-28-29-30-31-32-33-34-35-36-37-38-39-40-41-42-48(51)54-45-47(50)46-56-57(52,53)55-44-43-49(2,3)4/h6-7,9-10,12-13,15-16,18-19,21-22,24-25,27-28,30-31,47,50H,5,8,11,14,17,20,23,26,29,32-46H2,1-4H3/b7-6-,10-9-,13-12-,16-15-,19-18-,22-21-,25-24-,28-27-,31-30-. The van der Waals surface area contributed by atoms with Crippen molar-refractivity contribution in [2.24, 2.45) is 0 Å². The molecule has 0 spiro atoms. The van der Waals surface area contributed by atoms with E-state index in [4.69, 9.17) is 9.26 Å². The summed E-state index contributed by atoms with van der Waals surface area (Å²) in [4.78, 5) is 23.7. The molecule has 0 aliphatic heterocycles. The Morgan fingerprint density at radius 1 is 0.561 bits per heavy atom. The SMILES string of the molecule is CC/C=C\C/C=C\C/C=C\C/C=C\C/C=C\C/C=C\C/C=C\C/C=C\C/C=C\CCCCCCCCCCCC(=O)OCC(O)COP(=O)([O-])OCC[N+](C)(C)C. The predicted molar refractivity (Wildman–Crippen MR) is 240 cm³/mol. The topological polar surface area (TPSA) is 105 Å². The maximum Gasteiger partial charge on any atom is 0.305 e. The zero-order valence-corrected chi connectivity index (χ0v) is 37.1. The van der Waals surface area contributed by atoms with Gasteiger partial charge in [0.05, 0.1) is 27.7 Å². The van der Waals surface area contributed by atoms with Crippen LogP contribution in [0.5, 0.6) is 0 Å². The molecule has 57 heavy (non-hydrogen) atoms. The lowest BCUT2D eigenvalue weighted by atomic mass is 10.1. The first-order valence-electron chi connectivity index (χ1n) is 21.6. The number of likely N-dealkylation sites (N-methyl/N-ethyl adjacent to an activating group) is 1. The van der Waals surface area contributed by atoms with E-state index in [-0.39, 0.29) is 19.6 Å². The monoisotopic (exact) mass is 814 g/mol. The first-order chi connectivity index (χ1) is 27.6. The number of phosphoric ester groups is 1. The summed E-state index contributed by atoms with van der Waals surface area (Å²) in [6.07, 6.45) is 59.7. The second-order valence-electron chi connectivity index (χ2n) is 15.2. The van der Waals surface area contributed by atoms with Gasteiger partial charge < -0.3 is 28.3 Å². The molecule has 1 N–H and O–H groups in total. The summed E-state index contributed by atoms with van der Waals surface area (Å²) in [7, 11) is 1.23. The lowest BCUT2D eigenvalue weighted by Gasteiger charge is -2.27. The van der Waals surface area contributed by atoms with Crippen LogP contribution in [0, 0.1) is 0 Å². The van der Waals surface area contributed by atoms with Crippen LogP contribution in [0.1, 0.15) is 135 Å². The zero-order chi connectivity index (χ0) is 42.0. The molecule has 0 rings (SSSR count). The van der Waals surface area contributed by atoms with Crippen molar-refractivity contribution in [1.29, 1.82) is 0 Å². The fourth-order valence-corrected chi connectivity index (χ4v) is 5.91. The Kier molecular flexibility index (Phi) is 38.0. The maximum atomic E-state index is 11.9. The van der Waals surface area contributed by atoms with Gasteiger partial charge in [0.25, 0.3) is 7.82 Å². The minimum atomic E-state index is -4.51. The Balaban J connectivity index is 3.58. The number of carbonyl (C=O) groups excluding carboxylic acids is 1. The number of aliphatic hydroxyl groups excluding tert-OH is 1. The van der Waals surface area contributed by atoms with E-state index in [2.05, 4.69) is 121 Å². The van der Waals surface area contributed by atoms with Crippen LogP contribution in [0.15, 0.2) is 109 Å². The van der Waals surface area contributed by atoms with Crippen LogP contribution in [-0.2, 0) is 23.1 Å². The van der Waals surface area contributed by atoms with Gasteiger partial charge >= 0.3 is 5.97 Å². The van der Waals surface area contributed by atoms with Crippen LogP contribution in [0.3, 0.4) is 0 Å². The smallest absolute Gasteiger partial charge is 0.305 e. The lowest BCUT2D eigenvalue weighted by Crippen LogP contribution is -2.37. The molecule has 0 aliphatic carbocycles. The summed E-state index contributed by atoms with van der Waals surface area (Å²) < 4.78 is 26.8. The fraction of sp³-hybridized carbons (Fsp3) is 0.604. The number of nitrogens with zero attached hydrogens (tertiary/aromatic N) is 1. The van der Waals surface area contributed by atoms with Crippen LogP contribution < -0.4 is 4.89 Å². The molecule has 324 valence electrons. The second kappa shape index (κ2) is 40.0. The summed E-state index contributed by atoms with van der Waals surface area (Å²) in [6, 6.07) is 0. The highest BCUT2D eigenvalue weighted by molar-refractivity contribution is 7.45. The van der Waals surface area contributed by atoms with E-state index in [0.717, 1.165) is 83.5 Å². The molecule has 0 aromatic heterocycles. The van der Waals surface area contributed by atoms with E-state index in [1.165, 1.54) is 38.5 Å². The Labute approximate surface area is 348 Å². The van der Waals surface area contributed by atoms with Crippen molar-refractivity contribution in [2.45, 2.75) is 141 Å². The van der Waals surface area contributed by atoms with E-state index in [1.54, 1.807) is 0 Å². The summed E-state index contributed by atoms with van der Waals surface area (Å²) in [5.74, 6) is -0.399.